The first kappa shape index (κ1) is 29.5. The van der Waals surface area contributed by atoms with Crippen LogP contribution in [0.15, 0.2) is 72.8 Å². The molecule has 0 bridgehead atoms. The van der Waals surface area contributed by atoms with Crippen LogP contribution in [-0.2, 0) is 31.9 Å². The van der Waals surface area contributed by atoms with Crippen molar-refractivity contribution in [3.63, 3.8) is 0 Å². The predicted octanol–water partition coefficient (Wildman–Crippen LogP) is 7.74. The summed E-state index contributed by atoms with van der Waals surface area (Å²) in [5.41, 5.74) is 2.04. The highest BCUT2D eigenvalue weighted by Crippen LogP contribution is 2.46. The van der Waals surface area contributed by atoms with E-state index in [1.807, 2.05) is 36.4 Å². The first-order valence-electron chi connectivity index (χ1n) is 13.6. The highest BCUT2D eigenvalue weighted by molar-refractivity contribution is 6.74. The van der Waals surface area contributed by atoms with E-state index in [1.54, 1.807) is 6.08 Å². The first-order valence-corrected chi connectivity index (χ1v) is 16.6. The molecule has 0 radical (unpaired) electrons. The Kier molecular flexibility index (Phi) is 10.5. The van der Waals surface area contributed by atoms with Crippen LogP contribution in [0.3, 0.4) is 0 Å². The predicted molar refractivity (Wildman–Crippen MR) is 154 cm³/mol. The lowest BCUT2D eigenvalue weighted by molar-refractivity contribution is -0.119. The first-order chi connectivity index (χ1) is 17.5. The van der Waals surface area contributed by atoms with Crippen molar-refractivity contribution in [2.24, 2.45) is 11.3 Å². The fourth-order valence-corrected chi connectivity index (χ4v) is 6.04. The second-order valence-corrected chi connectivity index (χ2v) is 16.9. The molecule has 1 aliphatic carbocycles. The van der Waals surface area contributed by atoms with Crippen LogP contribution in [0, 0.1) is 11.3 Å². The number of allylic oxidation sites excluding steroid dienone is 1. The van der Waals surface area contributed by atoms with Crippen molar-refractivity contribution >= 4 is 14.1 Å². The van der Waals surface area contributed by atoms with Crippen LogP contribution in [-0.4, -0.2) is 33.4 Å². The van der Waals surface area contributed by atoms with Crippen molar-refractivity contribution in [3.8, 4) is 0 Å². The molecular weight excluding hydrogens is 476 g/mol. The highest BCUT2D eigenvalue weighted by atomic mass is 28.4. The Hall–Kier alpha value is -2.05. The van der Waals surface area contributed by atoms with E-state index in [0.717, 1.165) is 18.4 Å². The molecule has 202 valence electrons. The topological polar surface area (TPSA) is 44.8 Å². The zero-order chi connectivity index (χ0) is 26.9. The molecule has 3 rings (SSSR count). The van der Waals surface area contributed by atoms with Gasteiger partial charge in [0.1, 0.15) is 0 Å². The van der Waals surface area contributed by atoms with Gasteiger partial charge in [-0.1, -0.05) is 94.4 Å². The van der Waals surface area contributed by atoms with Gasteiger partial charge >= 0.3 is 0 Å². The largest absolute Gasteiger partial charge is 0.413 e. The van der Waals surface area contributed by atoms with E-state index in [1.165, 1.54) is 5.56 Å². The van der Waals surface area contributed by atoms with Crippen molar-refractivity contribution in [3.05, 3.63) is 83.9 Å². The number of hydrogen-bond acceptors (Lipinski definition) is 4. The summed E-state index contributed by atoms with van der Waals surface area (Å²) in [6.07, 6.45) is 6.14. The highest BCUT2D eigenvalue weighted by Gasteiger charge is 2.47. The number of hydrogen-bond donors (Lipinski definition) is 0. The molecule has 0 heterocycles. The molecule has 0 aromatic heterocycles. The van der Waals surface area contributed by atoms with Gasteiger partial charge in [-0.15, -0.1) is 0 Å². The van der Waals surface area contributed by atoms with Crippen molar-refractivity contribution in [1.29, 1.82) is 0 Å². The van der Waals surface area contributed by atoms with Gasteiger partial charge < -0.3 is 13.9 Å². The minimum atomic E-state index is -2.05. The minimum Gasteiger partial charge on any atom is -0.413 e. The fraction of sp³-hybridized carbons (Fsp3) is 0.531. The van der Waals surface area contributed by atoms with Crippen molar-refractivity contribution < 1.29 is 18.7 Å². The summed E-state index contributed by atoms with van der Waals surface area (Å²) in [6, 6.07) is 20.5. The molecule has 0 saturated carbocycles. The summed E-state index contributed by atoms with van der Waals surface area (Å²) in [5, 5.41) is 0.0962. The number of ketones is 1. The van der Waals surface area contributed by atoms with Gasteiger partial charge in [0.2, 0.25) is 0 Å². The minimum absolute atomic E-state index is 0.0107. The summed E-state index contributed by atoms with van der Waals surface area (Å²) in [7, 11) is -2.05. The third-order valence-corrected chi connectivity index (χ3v) is 12.7. The van der Waals surface area contributed by atoms with Gasteiger partial charge in [0.05, 0.1) is 25.9 Å². The summed E-state index contributed by atoms with van der Waals surface area (Å²) < 4.78 is 19.3. The van der Waals surface area contributed by atoms with Gasteiger partial charge in [-0.25, -0.2) is 0 Å². The second kappa shape index (κ2) is 13.1. The van der Waals surface area contributed by atoms with E-state index >= 15 is 0 Å². The zero-order valence-corrected chi connectivity index (χ0v) is 24.7. The molecule has 0 fully saturated rings. The Balaban J connectivity index is 1.71. The van der Waals surface area contributed by atoms with Crippen LogP contribution >= 0.6 is 0 Å². The maximum atomic E-state index is 12.5. The Morgan fingerprint density at radius 2 is 1.51 bits per heavy atom. The SMILES string of the molecule is CC(C)(C)[Si](C)(C)O[C@@H](CCCOCc1ccccc1)[C@]1(C)C=CC(=O)C[C@@H]1COCc1ccccc1. The monoisotopic (exact) mass is 522 g/mol. The second-order valence-electron chi connectivity index (χ2n) is 12.1. The standard InChI is InChI=1S/C32H46O4Si/c1-31(2,3)37(5,6)36-30(18-13-21-34-23-26-14-9-7-10-15-26)32(4)20-19-29(33)22-28(32)25-35-24-27-16-11-8-12-17-27/h7-12,14-17,19-20,28,30H,13,18,21-25H2,1-6H3/t28-,30+,32-/m1/s1. The average Bonchev–Trinajstić information content (AvgIpc) is 2.86. The lowest BCUT2D eigenvalue weighted by Gasteiger charge is -2.48. The molecule has 0 saturated heterocycles. The normalized spacial score (nSPS) is 21.2. The smallest absolute Gasteiger partial charge is 0.192 e. The number of carbonyl (C=O) groups excluding carboxylic acids is 1. The molecule has 37 heavy (non-hydrogen) atoms. The molecule has 0 amide bonds. The Labute approximate surface area is 225 Å². The summed E-state index contributed by atoms with van der Waals surface area (Å²) >= 11 is 0. The lowest BCUT2D eigenvalue weighted by atomic mass is 9.67. The summed E-state index contributed by atoms with van der Waals surface area (Å²) in [5.74, 6) is 0.233. The quantitative estimate of drug-likeness (QED) is 0.199. The molecule has 1 aliphatic rings. The average molecular weight is 523 g/mol. The Morgan fingerprint density at radius 1 is 0.946 bits per heavy atom. The van der Waals surface area contributed by atoms with E-state index in [9.17, 15) is 4.79 Å². The molecule has 0 spiro atoms. The van der Waals surface area contributed by atoms with Crippen molar-refractivity contribution in [2.45, 2.75) is 84.4 Å². The van der Waals surface area contributed by atoms with E-state index in [4.69, 9.17) is 13.9 Å². The molecule has 0 aliphatic heterocycles. The third-order valence-electron chi connectivity index (χ3n) is 8.19. The van der Waals surface area contributed by atoms with Crippen LogP contribution in [0.1, 0.15) is 58.1 Å². The summed E-state index contributed by atoms with van der Waals surface area (Å²) in [4.78, 5) is 12.5. The van der Waals surface area contributed by atoms with Crippen LogP contribution in [0.4, 0.5) is 0 Å². The molecule has 5 heteroatoms. The van der Waals surface area contributed by atoms with Crippen molar-refractivity contribution in [1.82, 2.24) is 0 Å². The van der Waals surface area contributed by atoms with Gasteiger partial charge in [0, 0.05) is 24.4 Å². The maximum Gasteiger partial charge on any atom is 0.192 e. The summed E-state index contributed by atoms with van der Waals surface area (Å²) in [6.45, 7) is 16.1. The molecule has 0 unspecified atom stereocenters. The Morgan fingerprint density at radius 3 is 2.08 bits per heavy atom. The number of ether oxygens (including phenoxy) is 2. The van der Waals surface area contributed by atoms with Gasteiger partial charge in [-0.3, -0.25) is 4.79 Å². The number of carbonyl (C=O) groups is 1. The Bertz CT molecular complexity index is 996. The van der Waals surface area contributed by atoms with E-state index in [2.05, 4.69) is 71.1 Å². The van der Waals surface area contributed by atoms with Crippen LogP contribution in [0.25, 0.3) is 0 Å². The van der Waals surface area contributed by atoms with Crippen LogP contribution < -0.4 is 0 Å². The molecule has 4 nitrogen and oxygen atoms in total. The maximum absolute atomic E-state index is 12.5. The lowest BCUT2D eigenvalue weighted by Crippen LogP contribution is -2.51. The molecule has 3 atom stereocenters. The van der Waals surface area contributed by atoms with Crippen LogP contribution in [0.5, 0.6) is 0 Å². The molecule has 2 aromatic rings. The molecule has 2 aromatic carbocycles. The van der Waals surface area contributed by atoms with Gasteiger partial charge in [-0.05, 0) is 48.2 Å². The zero-order valence-electron chi connectivity index (χ0n) is 23.7. The fourth-order valence-electron chi connectivity index (χ4n) is 4.61. The van der Waals surface area contributed by atoms with Crippen molar-refractivity contribution in [2.75, 3.05) is 13.2 Å². The third kappa shape index (κ3) is 8.47. The van der Waals surface area contributed by atoms with E-state index in [-0.39, 0.29) is 28.3 Å². The molecular formula is C32H46O4Si. The number of rotatable bonds is 13. The van der Waals surface area contributed by atoms with E-state index in [0.29, 0.717) is 32.8 Å². The number of benzene rings is 2. The van der Waals surface area contributed by atoms with E-state index < -0.39 is 8.32 Å². The van der Waals surface area contributed by atoms with Crippen LogP contribution in [0.2, 0.25) is 18.1 Å². The van der Waals surface area contributed by atoms with Gasteiger partial charge in [-0.2, -0.15) is 0 Å². The molecule has 0 N–H and O–H groups in total. The van der Waals surface area contributed by atoms with Gasteiger partial charge in [0.15, 0.2) is 14.1 Å². The van der Waals surface area contributed by atoms with Gasteiger partial charge in [0.25, 0.3) is 0 Å².